The Hall–Kier alpha value is -3.14. The minimum Gasteiger partial charge on any atom is -0.508 e. The highest BCUT2D eigenvalue weighted by Gasteiger charge is 2.03. The number of rotatable bonds is 3. The summed E-state index contributed by atoms with van der Waals surface area (Å²) < 4.78 is 1.81. The van der Waals surface area contributed by atoms with Gasteiger partial charge in [0.05, 0.1) is 6.54 Å². The van der Waals surface area contributed by atoms with E-state index in [9.17, 15) is 5.11 Å². The van der Waals surface area contributed by atoms with Gasteiger partial charge in [-0.15, -0.1) is 0 Å². The molecule has 0 spiro atoms. The van der Waals surface area contributed by atoms with Crippen molar-refractivity contribution in [2.75, 3.05) is 0 Å². The molecule has 0 aliphatic heterocycles. The van der Waals surface area contributed by atoms with Crippen molar-refractivity contribution in [3.05, 3.63) is 78.9 Å². The first-order chi connectivity index (χ1) is 11.3. The fraction of sp³-hybridized carbons (Fsp3) is 0.0526. The van der Waals surface area contributed by atoms with E-state index in [0.717, 1.165) is 21.9 Å². The molecule has 23 heavy (non-hydrogen) atoms. The van der Waals surface area contributed by atoms with E-state index < -0.39 is 0 Å². The quantitative estimate of drug-likeness (QED) is 0.625. The van der Waals surface area contributed by atoms with Crippen LogP contribution in [0.15, 0.2) is 73.3 Å². The van der Waals surface area contributed by atoms with Crippen LogP contribution >= 0.6 is 0 Å². The van der Waals surface area contributed by atoms with Crippen LogP contribution in [0.2, 0.25) is 0 Å². The van der Waals surface area contributed by atoms with E-state index in [-0.39, 0.29) is 0 Å². The fourth-order valence-corrected chi connectivity index (χ4v) is 2.76. The first-order valence-electron chi connectivity index (χ1n) is 7.42. The lowest BCUT2D eigenvalue weighted by Gasteiger charge is -2.07. The van der Waals surface area contributed by atoms with Gasteiger partial charge in [-0.05, 0) is 51.7 Å². The third-order valence-electron chi connectivity index (χ3n) is 3.90. The minimum absolute atomic E-state index is 0.292. The Kier molecular flexibility index (Phi) is 3.27. The van der Waals surface area contributed by atoms with Gasteiger partial charge in [-0.1, -0.05) is 36.4 Å². The molecular weight excluding hydrogens is 286 g/mol. The van der Waals surface area contributed by atoms with Crippen molar-refractivity contribution in [1.29, 1.82) is 0 Å². The predicted molar refractivity (Wildman–Crippen MR) is 90.2 cm³/mol. The predicted octanol–water partition coefficient (Wildman–Crippen LogP) is 3.85. The number of hydrogen-bond acceptors (Lipinski definition) is 3. The van der Waals surface area contributed by atoms with Gasteiger partial charge in [-0.3, -0.25) is 0 Å². The molecule has 0 fully saturated rings. The Labute approximate surface area is 133 Å². The maximum atomic E-state index is 9.56. The Morgan fingerprint density at radius 2 is 1.70 bits per heavy atom. The van der Waals surface area contributed by atoms with E-state index in [1.807, 2.05) is 16.8 Å². The van der Waals surface area contributed by atoms with Crippen molar-refractivity contribution in [2.24, 2.45) is 0 Å². The molecule has 0 aliphatic carbocycles. The van der Waals surface area contributed by atoms with Crippen molar-refractivity contribution >= 4 is 10.8 Å². The van der Waals surface area contributed by atoms with E-state index in [4.69, 9.17) is 0 Å². The maximum Gasteiger partial charge on any atom is 0.137 e. The third-order valence-corrected chi connectivity index (χ3v) is 3.90. The molecule has 1 heterocycles. The number of benzene rings is 3. The van der Waals surface area contributed by atoms with Crippen LogP contribution in [0.25, 0.3) is 21.9 Å². The van der Waals surface area contributed by atoms with Gasteiger partial charge in [0, 0.05) is 0 Å². The van der Waals surface area contributed by atoms with Crippen LogP contribution in [0.4, 0.5) is 0 Å². The van der Waals surface area contributed by atoms with Crippen LogP contribution in [0, 0.1) is 0 Å². The summed E-state index contributed by atoms with van der Waals surface area (Å²) in [5.41, 5.74) is 3.50. The third kappa shape index (κ3) is 2.79. The number of aromatic nitrogens is 3. The van der Waals surface area contributed by atoms with Crippen molar-refractivity contribution in [1.82, 2.24) is 14.8 Å². The molecule has 4 aromatic rings. The molecule has 1 aromatic heterocycles. The summed E-state index contributed by atoms with van der Waals surface area (Å²) in [5.74, 6) is 0.292. The summed E-state index contributed by atoms with van der Waals surface area (Å²) in [6.07, 6.45) is 3.26. The number of nitrogens with zero attached hydrogens (tertiary/aromatic N) is 3. The second kappa shape index (κ2) is 5.57. The molecule has 1 N–H and O–H groups in total. The van der Waals surface area contributed by atoms with Crippen molar-refractivity contribution in [3.8, 4) is 16.9 Å². The molecule has 0 saturated heterocycles. The molecular formula is C19H15N3O. The standard InChI is InChI=1S/C19H15N3O/c23-19-7-6-17-9-16(4-5-18(17)10-19)15-3-1-2-14(8-15)11-22-13-20-12-21-22/h1-10,12-13,23H,11H2. The highest BCUT2D eigenvalue weighted by molar-refractivity contribution is 5.88. The highest BCUT2D eigenvalue weighted by Crippen LogP contribution is 2.27. The summed E-state index contributed by atoms with van der Waals surface area (Å²) in [6.45, 7) is 0.704. The van der Waals surface area contributed by atoms with Crippen LogP contribution in [0.5, 0.6) is 5.75 Å². The van der Waals surface area contributed by atoms with Gasteiger partial charge in [0.1, 0.15) is 18.4 Å². The zero-order valence-corrected chi connectivity index (χ0v) is 12.4. The molecule has 4 nitrogen and oxygen atoms in total. The summed E-state index contributed by atoms with van der Waals surface area (Å²) in [4.78, 5) is 3.97. The second-order valence-corrected chi connectivity index (χ2v) is 5.54. The molecule has 112 valence electrons. The first kappa shape index (κ1) is 13.5. The highest BCUT2D eigenvalue weighted by atomic mass is 16.3. The molecule has 0 amide bonds. The second-order valence-electron chi connectivity index (χ2n) is 5.54. The monoisotopic (exact) mass is 301 g/mol. The molecule has 0 aliphatic rings. The lowest BCUT2D eigenvalue weighted by molar-refractivity contribution is 0.476. The summed E-state index contributed by atoms with van der Waals surface area (Å²) in [5, 5.41) is 15.9. The van der Waals surface area contributed by atoms with Crippen LogP contribution in [-0.4, -0.2) is 19.9 Å². The first-order valence-corrected chi connectivity index (χ1v) is 7.42. The zero-order chi connectivity index (χ0) is 15.6. The Morgan fingerprint density at radius 1 is 0.870 bits per heavy atom. The fourth-order valence-electron chi connectivity index (χ4n) is 2.76. The zero-order valence-electron chi connectivity index (χ0n) is 12.4. The topological polar surface area (TPSA) is 50.9 Å². The lowest BCUT2D eigenvalue weighted by Crippen LogP contribution is -1.99. The van der Waals surface area contributed by atoms with Gasteiger partial charge in [-0.2, -0.15) is 5.10 Å². The van der Waals surface area contributed by atoms with E-state index in [1.165, 1.54) is 5.56 Å². The average molecular weight is 301 g/mol. The Bertz CT molecular complexity index is 961. The van der Waals surface area contributed by atoms with Gasteiger partial charge in [0.2, 0.25) is 0 Å². The number of phenolic OH excluding ortho intramolecular Hbond substituents is 1. The van der Waals surface area contributed by atoms with Gasteiger partial charge in [-0.25, -0.2) is 9.67 Å². The number of fused-ring (bicyclic) bond motifs is 1. The largest absolute Gasteiger partial charge is 0.508 e. The smallest absolute Gasteiger partial charge is 0.137 e. The Balaban J connectivity index is 1.71. The van der Waals surface area contributed by atoms with Crippen LogP contribution < -0.4 is 0 Å². The average Bonchev–Trinajstić information content (AvgIpc) is 3.07. The Morgan fingerprint density at radius 3 is 2.57 bits per heavy atom. The van der Waals surface area contributed by atoms with Gasteiger partial charge in [0.25, 0.3) is 0 Å². The van der Waals surface area contributed by atoms with E-state index in [1.54, 1.807) is 24.8 Å². The van der Waals surface area contributed by atoms with Crippen molar-refractivity contribution in [3.63, 3.8) is 0 Å². The lowest BCUT2D eigenvalue weighted by atomic mass is 9.99. The van der Waals surface area contributed by atoms with Crippen molar-refractivity contribution < 1.29 is 5.11 Å². The maximum absolute atomic E-state index is 9.56. The molecule has 0 unspecified atom stereocenters. The molecule has 4 rings (SSSR count). The van der Waals surface area contributed by atoms with Crippen LogP contribution in [-0.2, 0) is 6.54 Å². The number of aromatic hydroxyl groups is 1. The van der Waals surface area contributed by atoms with Gasteiger partial charge in [0.15, 0.2) is 0 Å². The SMILES string of the molecule is Oc1ccc2cc(-c3cccc(Cn4cncn4)c3)ccc2c1. The van der Waals surface area contributed by atoms with Gasteiger partial charge >= 0.3 is 0 Å². The number of hydrogen-bond donors (Lipinski definition) is 1. The van der Waals surface area contributed by atoms with E-state index in [2.05, 4.69) is 46.5 Å². The summed E-state index contributed by atoms with van der Waals surface area (Å²) >= 11 is 0. The molecule has 0 bridgehead atoms. The van der Waals surface area contributed by atoms with E-state index in [0.29, 0.717) is 12.3 Å². The van der Waals surface area contributed by atoms with Crippen molar-refractivity contribution in [2.45, 2.75) is 6.54 Å². The molecule has 4 heteroatoms. The summed E-state index contributed by atoms with van der Waals surface area (Å²) in [7, 11) is 0. The molecule has 0 saturated carbocycles. The van der Waals surface area contributed by atoms with Gasteiger partial charge < -0.3 is 5.11 Å². The number of phenols is 1. The van der Waals surface area contributed by atoms with E-state index >= 15 is 0 Å². The minimum atomic E-state index is 0.292. The molecule has 3 aromatic carbocycles. The molecule has 0 radical (unpaired) electrons. The normalized spacial score (nSPS) is 11.0. The van der Waals surface area contributed by atoms with Crippen LogP contribution in [0.3, 0.4) is 0 Å². The van der Waals surface area contributed by atoms with Crippen LogP contribution in [0.1, 0.15) is 5.56 Å². The summed E-state index contributed by atoms with van der Waals surface area (Å²) in [6, 6.07) is 20.1. The molecule has 0 atom stereocenters.